The topological polar surface area (TPSA) is 59.2 Å². The number of aromatic nitrogens is 2. The molecule has 3 aromatic rings. The van der Waals surface area contributed by atoms with Crippen molar-refractivity contribution in [1.82, 2.24) is 15.0 Å². The van der Waals surface area contributed by atoms with Crippen LogP contribution in [0.1, 0.15) is 28.1 Å². The molecule has 0 aliphatic heterocycles. The molecule has 134 valence electrons. The second kappa shape index (κ2) is 7.52. The van der Waals surface area contributed by atoms with Gasteiger partial charge in [-0.2, -0.15) is 4.98 Å². The van der Waals surface area contributed by atoms with Gasteiger partial charge < -0.3 is 9.42 Å². The Bertz CT molecular complexity index is 931. The Morgan fingerprint density at radius 3 is 2.62 bits per heavy atom. The molecule has 1 heterocycles. The molecular formula is C21H23N3O2. The maximum Gasteiger partial charge on any atom is 0.246 e. The Morgan fingerprint density at radius 1 is 1.08 bits per heavy atom. The summed E-state index contributed by atoms with van der Waals surface area (Å²) in [6.45, 7) is 6.36. The van der Waals surface area contributed by atoms with Gasteiger partial charge in [0.2, 0.25) is 17.6 Å². The van der Waals surface area contributed by atoms with Crippen LogP contribution in [0.25, 0.3) is 11.4 Å². The van der Waals surface area contributed by atoms with Crippen LogP contribution in [0.2, 0.25) is 0 Å². The second-order valence-corrected chi connectivity index (χ2v) is 6.74. The normalized spacial score (nSPS) is 10.8. The number of hydrogen-bond acceptors (Lipinski definition) is 4. The molecule has 1 amide bonds. The second-order valence-electron chi connectivity index (χ2n) is 6.74. The Balaban J connectivity index is 1.67. The van der Waals surface area contributed by atoms with Gasteiger partial charge in [0, 0.05) is 12.6 Å². The number of hydrogen-bond donors (Lipinski definition) is 0. The molecule has 0 saturated heterocycles. The highest BCUT2D eigenvalue weighted by Gasteiger charge is 2.16. The number of benzene rings is 2. The summed E-state index contributed by atoms with van der Waals surface area (Å²) in [5.74, 6) is 0.992. The Kier molecular flexibility index (Phi) is 5.16. The summed E-state index contributed by atoms with van der Waals surface area (Å²) in [6.07, 6.45) is 0.364. The van der Waals surface area contributed by atoms with Gasteiger partial charge in [0.25, 0.3) is 0 Å². The molecule has 0 saturated carbocycles. The van der Waals surface area contributed by atoms with Crippen molar-refractivity contribution in [3.05, 3.63) is 70.6 Å². The number of likely N-dealkylation sites (N-methyl/N-ethyl adjacent to an activating group) is 1. The van der Waals surface area contributed by atoms with Crippen molar-refractivity contribution in [3.63, 3.8) is 0 Å². The third-order valence-corrected chi connectivity index (χ3v) is 4.39. The zero-order valence-electron chi connectivity index (χ0n) is 15.6. The third-order valence-electron chi connectivity index (χ3n) is 4.39. The van der Waals surface area contributed by atoms with Gasteiger partial charge >= 0.3 is 0 Å². The summed E-state index contributed by atoms with van der Waals surface area (Å²) in [4.78, 5) is 18.6. The quantitative estimate of drug-likeness (QED) is 0.702. The minimum absolute atomic E-state index is 0.0222. The first-order valence-electron chi connectivity index (χ1n) is 8.62. The Hall–Kier alpha value is -2.95. The third kappa shape index (κ3) is 4.17. The lowest BCUT2D eigenvalue weighted by Gasteiger charge is -2.16. The molecule has 0 unspecified atom stereocenters. The minimum atomic E-state index is 0.0222. The van der Waals surface area contributed by atoms with Crippen LogP contribution in [0.5, 0.6) is 0 Å². The maximum atomic E-state index is 12.5. The standard InChI is InChI=1S/C21H23N3O2/c1-14-6-5-7-17(10-14)21-22-19(26-23-21)13-24(4)20(25)12-18-11-15(2)8-9-16(18)3/h5-11H,12-13H2,1-4H3. The highest BCUT2D eigenvalue weighted by molar-refractivity contribution is 5.78. The van der Waals surface area contributed by atoms with Crippen LogP contribution in [-0.2, 0) is 17.8 Å². The molecule has 0 bridgehead atoms. The van der Waals surface area contributed by atoms with Crippen molar-refractivity contribution in [2.75, 3.05) is 7.05 Å². The van der Waals surface area contributed by atoms with E-state index in [1.807, 2.05) is 51.1 Å². The van der Waals surface area contributed by atoms with Crippen LogP contribution in [-0.4, -0.2) is 28.0 Å². The van der Waals surface area contributed by atoms with Gasteiger partial charge in [0.15, 0.2) is 0 Å². The van der Waals surface area contributed by atoms with Crippen molar-refractivity contribution in [2.45, 2.75) is 33.7 Å². The first kappa shape index (κ1) is 17.9. The van der Waals surface area contributed by atoms with Gasteiger partial charge in [-0.25, -0.2) is 0 Å². The Labute approximate surface area is 153 Å². The molecular weight excluding hydrogens is 326 g/mol. The minimum Gasteiger partial charge on any atom is -0.337 e. The van der Waals surface area contributed by atoms with E-state index in [9.17, 15) is 4.79 Å². The molecule has 0 aliphatic carbocycles. The predicted octanol–water partition coefficient (Wildman–Crippen LogP) is 3.86. The molecule has 3 rings (SSSR count). The van der Waals surface area contributed by atoms with Gasteiger partial charge in [-0.15, -0.1) is 0 Å². The molecule has 1 aromatic heterocycles. The number of nitrogens with zero attached hydrogens (tertiary/aromatic N) is 3. The van der Waals surface area contributed by atoms with Crippen LogP contribution >= 0.6 is 0 Å². The first-order valence-corrected chi connectivity index (χ1v) is 8.62. The number of carbonyl (C=O) groups is 1. The van der Waals surface area contributed by atoms with Crippen molar-refractivity contribution in [1.29, 1.82) is 0 Å². The molecule has 26 heavy (non-hydrogen) atoms. The fourth-order valence-corrected chi connectivity index (χ4v) is 2.80. The maximum absolute atomic E-state index is 12.5. The summed E-state index contributed by atoms with van der Waals surface area (Å²) in [7, 11) is 1.75. The van der Waals surface area contributed by atoms with Gasteiger partial charge in [-0.05, 0) is 38.0 Å². The van der Waals surface area contributed by atoms with E-state index >= 15 is 0 Å². The largest absolute Gasteiger partial charge is 0.337 e. The Morgan fingerprint density at radius 2 is 1.85 bits per heavy atom. The molecule has 0 spiro atoms. The van der Waals surface area contributed by atoms with Crippen molar-refractivity contribution in [3.8, 4) is 11.4 Å². The molecule has 0 radical (unpaired) electrons. The molecule has 5 nitrogen and oxygen atoms in total. The summed E-state index contributed by atoms with van der Waals surface area (Å²) < 4.78 is 5.32. The molecule has 0 atom stereocenters. The van der Waals surface area contributed by atoms with E-state index in [1.54, 1.807) is 11.9 Å². The lowest BCUT2D eigenvalue weighted by atomic mass is 10.0. The molecule has 0 aliphatic rings. The van der Waals surface area contributed by atoms with Crippen molar-refractivity contribution in [2.24, 2.45) is 0 Å². The van der Waals surface area contributed by atoms with E-state index in [2.05, 4.69) is 22.3 Å². The fourth-order valence-electron chi connectivity index (χ4n) is 2.80. The number of aryl methyl sites for hydroxylation is 3. The van der Waals surface area contributed by atoms with Crippen LogP contribution in [0, 0.1) is 20.8 Å². The smallest absolute Gasteiger partial charge is 0.246 e. The van der Waals surface area contributed by atoms with Crippen molar-refractivity contribution < 1.29 is 9.32 Å². The highest BCUT2D eigenvalue weighted by Crippen LogP contribution is 2.18. The zero-order valence-corrected chi connectivity index (χ0v) is 15.6. The monoisotopic (exact) mass is 349 g/mol. The highest BCUT2D eigenvalue weighted by atomic mass is 16.5. The average molecular weight is 349 g/mol. The average Bonchev–Trinajstić information content (AvgIpc) is 3.06. The SMILES string of the molecule is Cc1cccc(-c2noc(CN(C)C(=O)Cc3cc(C)ccc3C)n2)c1. The predicted molar refractivity (Wildman–Crippen MR) is 101 cm³/mol. The van der Waals surface area contributed by atoms with Crippen LogP contribution in [0.3, 0.4) is 0 Å². The van der Waals surface area contributed by atoms with E-state index in [0.29, 0.717) is 24.7 Å². The zero-order chi connectivity index (χ0) is 18.7. The van der Waals surface area contributed by atoms with Crippen LogP contribution in [0.4, 0.5) is 0 Å². The fraction of sp³-hybridized carbons (Fsp3) is 0.286. The van der Waals surface area contributed by atoms with Gasteiger partial charge in [-0.3, -0.25) is 4.79 Å². The number of rotatable bonds is 5. The van der Waals surface area contributed by atoms with E-state index in [0.717, 1.165) is 27.8 Å². The van der Waals surface area contributed by atoms with E-state index < -0.39 is 0 Å². The molecule has 2 aromatic carbocycles. The van der Waals surface area contributed by atoms with Gasteiger partial charge in [-0.1, -0.05) is 52.7 Å². The number of carbonyl (C=O) groups excluding carboxylic acids is 1. The first-order chi connectivity index (χ1) is 12.4. The van der Waals surface area contributed by atoms with Gasteiger partial charge in [0.1, 0.15) is 0 Å². The lowest BCUT2D eigenvalue weighted by Crippen LogP contribution is -2.28. The van der Waals surface area contributed by atoms with E-state index in [-0.39, 0.29) is 5.91 Å². The molecule has 5 heteroatoms. The summed E-state index contributed by atoms with van der Waals surface area (Å²) >= 11 is 0. The van der Waals surface area contributed by atoms with Crippen LogP contribution in [0.15, 0.2) is 47.0 Å². The molecule has 0 N–H and O–H groups in total. The summed E-state index contributed by atoms with van der Waals surface area (Å²) in [5.41, 5.74) is 5.37. The summed E-state index contributed by atoms with van der Waals surface area (Å²) in [6, 6.07) is 14.1. The summed E-state index contributed by atoms with van der Waals surface area (Å²) in [5, 5.41) is 4.03. The lowest BCUT2D eigenvalue weighted by molar-refractivity contribution is -0.130. The van der Waals surface area contributed by atoms with Crippen LogP contribution < -0.4 is 0 Å². The van der Waals surface area contributed by atoms with E-state index in [1.165, 1.54) is 0 Å². The number of amides is 1. The van der Waals surface area contributed by atoms with Crippen molar-refractivity contribution >= 4 is 5.91 Å². The van der Waals surface area contributed by atoms with E-state index in [4.69, 9.17) is 4.52 Å². The molecule has 0 fully saturated rings. The van der Waals surface area contributed by atoms with Gasteiger partial charge in [0.05, 0.1) is 13.0 Å².